The van der Waals surface area contributed by atoms with E-state index >= 15 is 0 Å². The van der Waals surface area contributed by atoms with Gasteiger partial charge in [0.15, 0.2) is 0 Å². The van der Waals surface area contributed by atoms with Crippen LogP contribution in [0.4, 0.5) is 15.8 Å². The average molecular weight is 348 g/mol. The van der Waals surface area contributed by atoms with Gasteiger partial charge in [0.25, 0.3) is 0 Å². The molecule has 0 bridgehead atoms. The van der Waals surface area contributed by atoms with Crippen LogP contribution in [0.15, 0.2) is 77.8 Å². The fourth-order valence-corrected chi connectivity index (χ4v) is 2.44. The number of nitrogens with zero attached hydrogens (tertiary/aromatic N) is 2. The fraction of sp³-hybridized carbons (Fsp3) is 0.136. The highest BCUT2D eigenvalue weighted by atomic mass is 19.1. The van der Waals surface area contributed by atoms with Gasteiger partial charge in [-0.25, -0.2) is 4.39 Å². The summed E-state index contributed by atoms with van der Waals surface area (Å²) in [6.07, 6.45) is 1.80. The first-order valence-electron chi connectivity index (χ1n) is 8.39. The Balaban J connectivity index is 1.71. The van der Waals surface area contributed by atoms with Crippen molar-refractivity contribution in [3.05, 3.63) is 89.7 Å². The first-order chi connectivity index (χ1) is 12.6. The summed E-state index contributed by atoms with van der Waals surface area (Å²) < 4.78 is 18.9. The molecule has 0 unspecified atom stereocenters. The molecule has 3 aromatic carbocycles. The quantitative estimate of drug-likeness (QED) is 0.571. The Kier molecular flexibility index (Phi) is 5.64. The van der Waals surface area contributed by atoms with Gasteiger partial charge in [0.1, 0.15) is 18.2 Å². The second kappa shape index (κ2) is 8.30. The van der Waals surface area contributed by atoms with Crippen LogP contribution in [0.25, 0.3) is 0 Å². The number of benzene rings is 3. The summed E-state index contributed by atoms with van der Waals surface area (Å²) >= 11 is 0. The molecular weight excluding hydrogens is 327 g/mol. The summed E-state index contributed by atoms with van der Waals surface area (Å²) in [5, 5.41) is 0. The van der Waals surface area contributed by atoms with Crippen molar-refractivity contribution in [1.29, 1.82) is 0 Å². The van der Waals surface area contributed by atoms with Crippen molar-refractivity contribution in [2.24, 2.45) is 4.99 Å². The van der Waals surface area contributed by atoms with E-state index in [1.165, 1.54) is 12.1 Å². The zero-order valence-corrected chi connectivity index (χ0v) is 14.9. The molecule has 132 valence electrons. The third-order valence-corrected chi connectivity index (χ3v) is 3.95. The monoisotopic (exact) mass is 348 g/mol. The van der Waals surface area contributed by atoms with E-state index in [2.05, 4.69) is 4.99 Å². The van der Waals surface area contributed by atoms with Crippen molar-refractivity contribution in [3.63, 3.8) is 0 Å². The fourth-order valence-electron chi connectivity index (χ4n) is 2.44. The number of halogens is 1. The minimum atomic E-state index is -0.249. The predicted octanol–water partition coefficient (Wildman–Crippen LogP) is 5.22. The lowest BCUT2D eigenvalue weighted by Gasteiger charge is -2.11. The second-order valence-electron chi connectivity index (χ2n) is 6.12. The number of ether oxygens (including phenoxy) is 1. The van der Waals surface area contributed by atoms with Crippen molar-refractivity contribution in [2.75, 3.05) is 19.0 Å². The highest BCUT2D eigenvalue weighted by Crippen LogP contribution is 2.21. The van der Waals surface area contributed by atoms with Crippen LogP contribution in [0, 0.1) is 5.82 Å². The smallest absolute Gasteiger partial charge is 0.128 e. The van der Waals surface area contributed by atoms with E-state index in [0.29, 0.717) is 6.61 Å². The predicted molar refractivity (Wildman–Crippen MR) is 105 cm³/mol. The van der Waals surface area contributed by atoms with Crippen LogP contribution in [-0.4, -0.2) is 20.3 Å². The summed E-state index contributed by atoms with van der Waals surface area (Å²) in [7, 11) is 4.01. The Morgan fingerprint density at radius 3 is 2.31 bits per heavy atom. The van der Waals surface area contributed by atoms with Crippen molar-refractivity contribution < 1.29 is 9.13 Å². The molecule has 0 N–H and O–H groups in total. The Morgan fingerprint density at radius 1 is 0.923 bits per heavy atom. The van der Waals surface area contributed by atoms with Crippen LogP contribution in [0.1, 0.15) is 11.1 Å². The number of para-hydroxylation sites is 1. The number of rotatable bonds is 6. The summed E-state index contributed by atoms with van der Waals surface area (Å²) in [6.45, 7) is 0.378. The van der Waals surface area contributed by atoms with Crippen LogP contribution in [0.3, 0.4) is 0 Å². The molecular formula is C22H21FN2O. The zero-order chi connectivity index (χ0) is 18.4. The van der Waals surface area contributed by atoms with Crippen LogP contribution in [0.2, 0.25) is 0 Å². The second-order valence-corrected chi connectivity index (χ2v) is 6.12. The minimum absolute atomic E-state index is 0.249. The van der Waals surface area contributed by atoms with E-state index in [9.17, 15) is 4.39 Å². The van der Waals surface area contributed by atoms with E-state index in [0.717, 1.165) is 28.3 Å². The van der Waals surface area contributed by atoms with Crippen molar-refractivity contribution in [1.82, 2.24) is 0 Å². The number of hydrogen-bond acceptors (Lipinski definition) is 3. The lowest BCUT2D eigenvalue weighted by atomic mass is 10.2. The zero-order valence-electron chi connectivity index (χ0n) is 14.9. The Bertz CT molecular complexity index is 871. The Labute approximate surface area is 153 Å². The molecule has 4 heteroatoms. The summed E-state index contributed by atoms with van der Waals surface area (Å²) in [4.78, 5) is 6.58. The molecule has 0 amide bonds. The SMILES string of the molecule is CN(C)c1ccc(/N=C\c2ccccc2OCc2ccc(F)cc2)cc1. The summed E-state index contributed by atoms with van der Waals surface area (Å²) in [5.74, 6) is 0.493. The first-order valence-corrected chi connectivity index (χ1v) is 8.39. The van der Waals surface area contributed by atoms with Gasteiger partial charge in [0.05, 0.1) is 5.69 Å². The third-order valence-electron chi connectivity index (χ3n) is 3.95. The van der Waals surface area contributed by atoms with Gasteiger partial charge in [0.2, 0.25) is 0 Å². The molecule has 0 spiro atoms. The number of anilines is 1. The highest BCUT2D eigenvalue weighted by molar-refractivity contribution is 5.85. The molecule has 0 aliphatic heterocycles. The van der Waals surface area contributed by atoms with E-state index in [1.807, 2.05) is 67.5 Å². The maximum Gasteiger partial charge on any atom is 0.128 e. The molecule has 0 aliphatic carbocycles. The molecule has 0 radical (unpaired) electrons. The molecule has 3 rings (SSSR count). The number of aliphatic imine (C=N–C) groups is 1. The molecule has 0 fully saturated rings. The van der Waals surface area contributed by atoms with Crippen LogP contribution in [-0.2, 0) is 6.61 Å². The van der Waals surface area contributed by atoms with E-state index in [4.69, 9.17) is 4.74 Å². The lowest BCUT2D eigenvalue weighted by molar-refractivity contribution is 0.305. The number of hydrogen-bond donors (Lipinski definition) is 0. The van der Waals surface area contributed by atoms with Gasteiger partial charge in [-0.2, -0.15) is 0 Å². The lowest BCUT2D eigenvalue weighted by Crippen LogP contribution is -2.07. The van der Waals surface area contributed by atoms with Gasteiger partial charge in [-0.1, -0.05) is 24.3 Å². The first kappa shape index (κ1) is 17.7. The minimum Gasteiger partial charge on any atom is -0.488 e. The molecule has 3 nitrogen and oxygen atoms in total. The van der Waals surface area contributed by atoms with Gasteiger partial charge in [-0.15, -0.1) is 0 Å². The Morgan fingerprint density at radius 2 is 1.62 bits per heavy atom. The summed E-state index contributed by atoms with van der Waals surface area (Å²) in [6, 6.07) is 22.1. The highest BCUT2D eigenvalue weighted by Gasteiger charge is 2.02. The van der Waals surface area contributed by atoms with Crippen LogP contribution >= 0.6 is 0 Å². The summed E-state index contributed by atoms with van der Waals surface area (Å²) in [5.41, 5.74) is 3.82. The molecule has 0 saturated heterocycles. The molecule has 26 heavy (non-hydrogen) atoms. The van der Waals surface area contributed by atoms with Crippen molar-refractivity contribution >= 4 is 17.6 Å². The molecule has 0 aromatic heterocycles. The third kappa shape index (κ3) is 4.70. The van der Waals surface area contributed by atoms with Gasteiger partial charge >= 0.3 is 0 Å². The average Bonchev–Trinajstić information content (AvgIpc) is 2.67. The molecule has 0 aliphatic rings. The van der Waals surface area contributed by atoms with Crippen molar-refractivity contribution in [3.8, 4) is 5.75 Å². The van der Waals surface area contributed by atoms with Gasteiger partial charge < -0.3 is 9.64 Å². The molecule has 3 aromatic rings. The van der Waals surface area contributed by atoms with Crippen LogP contribution < -0.4 is 9.64 Å². The normalized spacial score (nSPS) is 10.9. The van der Waals surface area contributed by atoms with Gasteiger partial charge in [-0.3, -0.25) is 4.99 Å². The maximum atomic E-state index is 13.0. The topological polar surface area (TPSA) is 24.8 Å². The van der Waals surface area contributed by atoms with E-state index < -0.39 is 0 Å². The van der Waals surface area contributed by atoms with E-state index in [1.54, 1.807) is 18.3 Å². The van der Waals surface area contributed by atoms with Gasteiger partial charge in [-0.05, 0) is 54.1 Å². The molecule has 0 heterocycles. The maximum absolute atomic E-state index is 13.0. The van der Waals surface area contributed by atoms with Crippen molar-refractivity contribution in [2.45, 2.75) is 6.61 Å². The van der Waals surface area contributed by atoms with Crippen LogP contribution in [0.5, 0.6) is 5.75 Å². The van der Waals surface area contributed by atoms with E-state index in [-0.39, 0.29) is 5.82 Å². The van der Waals surface area contributed by atoms with Gasteiger partial charge in [0, 0.05) is 31.6 Å². The largest absolute Gasteiger partial charge is 0.488 e. The standard InChI is InChI=1S/C22H21FN2O/c1-25(2)21-13-11-20(12-14-21)24-15-18-5-3-4-6-22(18)26-16-17-7-9-19(23)10-8-17/h3-15H,16H2,1-2H3/b24-15-. The Hall–Kier alpha value is -3.14. The molecule has 0 atom stereocenters. The molecule has 0 saturated carbocycles.